The Balaban J connectivity index is 1.41. The van der Waals surface area contributed by atoms with E-state index in [1.807, 2.05) is 25.1 Å². The highest BCUT2D eigenvalue weighted by atomic mass is 16.5. The van der Waals surface area contributed by atoms with Crippen LogP contribution in [-0.2, 0) is 9.53 Å². The zero-order chi connectivity index (χ0) is 21.5. The first-order chi connectivity index (χ1) is 15.1. The number of morpholine rings is 1. The Morgan fingerprint density at radius 3 is 2.39 bits per heavy atom. The van der Waals surface area contributed by atoms with Crippen LogP contribution in [0.3, 0.4) is 0 Å². The number of rotatable bonds is 5. The van der Waals surface area contributed by atoms with Crippen molar-refractivity contribution in [3.63, 3.8) is 0 Å². The number of carbonyl (C=O) groups is 2. The van der Waals surface area contributed by atoms with Gasteiger partial charge in [0, 0.05) is 51.3 Å². The highest BCUT2D eigenvalue weighted by Crippen LogP contribution is 2.44. The average Bonchev–Trinajstić information content (AvgIpc) is 3.32. The van der Waals surface area contributed by atoms with Crippen LogP contribution in [0.2, 0.25) is 0 Å². The lowest BCUT2D eigenvalue weighted by molar-refractivity contribution is -0.128. The van der Waals surface area contributed by atoms with Gasteiger partial charge in [-0.25, -0.2) is 4.79 Å². The third-order valence-corrected chi connectivity index (χ3v) is 6.91. The van der Waals surface area contributed by atoms with Gasteiger partial charge in [-0.15, -0.1) is 0 Å². The number of fused-ring (bicyclic) bond motifs is 2. The van der Waals surface area contributed by atoms with E-state index in [4.69, 9.17) is 4.74 Å². The van der Waals surface area contributed by atoms with Gasteiger partial charge in [0.2, 0.25) is 0 Å². The average molecular weight is 423 g/mol. The third kappa shape index (κ3) is 3.46. The molecule has 3 fully saturated rings. The predicted octanol–water partition coefficient (Wildman–Crippen LogP) is 2.71. The van der Waals surface area contributed by atoms with Gasteiger partial charge in [-0.3, -0.25) is 14.6 Å². The first kappa shape index (κ1) is 20.3. The molecule has 31 heavy (non-hydrogen) atoms. The molecule has 2 aromatic carbocycles. The second-order valence-corrected chi connectivity index (χ2v) is 8.86. The summed E-state index contributed by atoms with van der Waals surface area (Å²) in [4.78, 5) is 34.1. The zero-order valence-electron chi connectivity index (χ0n) is 18.3. The summed E-state index contributed by atoms with van der Waals surface area (Å²) in [5, 5.41) is 2.34. The highest BCUT2D eigenvalue weighted by molar-refractivity contribution is 6.05. The number of hydrogen-bond acceptors (Lipinski definition) is 5. The quantitative estimate of drug-likeness (QED) is 0.694. The number of urea groups is 1. The Morgan fingerprint density at radius 2 is 1.65 bits per heavy atom. The largest absolute Gasteiger partial charge is 0.379 e. The molecule has 2 atom stereocenters. The van der Waals surface area contributed by atoms with Crippen LogP contribution in [0.1, 0.15) is 24.4 Å². The van der Waals surface area contributed by atoms with Crippen LogP contribution in [-0.4, -0.2) is 86.2 Å². The lowest BCUT2D eigenvalue weighted by Gasteiger charge is -2.29. The molecule has 3 amide bonds. The first-order valence-electron chi connectivity index (χ1n) is 11.2. The van der Waals surface area contributed by atoms with E-state index in [1.54, 1.807) is 0 Å². The summed E-state index contributed by atoms with van der Waals surface area (Å²) < 4.78 is 5.40. The molecule has 2 unspecified atom stereocenters. The lowest BCUT2D eigenvalue weighted by Crippen LogP contribution is -2.43. The molecule has 0 aromatic heterocycles. The standard InChI is InChI=1S/C24H30N4O3/c1-25(2)20-8-7-19(17-5-3-4-6-18(17)20)21-9-10-22-23(29)27(24(30)28(21)22)12-11-26-13-15-31-16-14-26/h3-8,21-22H,9-16H2,1-2H3. The second kappa shape index (κ2) is 8.13. The van der Waals surface area contributed by atoms with Crippen LogP contribution in [0, 0.1) is 0 Å². The Hall–Kier alpha value is -2.64. The molecule has 2 aromatic rings. The lowest BCUT2D eigenvalue weighted by atomic mass is 9.95. The molecule has 0 bridgehead atoms. The minimum atomic E-state index is -0.325. The van der Waals surface area contributed by atoms with Gasteiger partial charge in [0.25, 0.3) is 5.91 Å². The van der Waals surface area contributed by atoms with Gasteiger partial charge in [0.1, 0.15) is 6.04 Å². The number of carbonyl (C=O) groups excluding carboxylic acids is 2. The normalized spacial score (nSPS) is 24.3. The van der Waals surface area contributed by atoms with Crippen molar-refractivity contribution in [2.45, 2.75) is 24.9 Å². The van der Waals surface area contributed by atoms with E-state index in [-0.39, 0.29) is 24.0 Å². The summed E-state index contributed by atoms with van der Waals surface area (Å²) in [6, 6.07) is 12.1. The molecule has 0 aliphatic carbocycles. The fraction of sp³-hybridized carbons (Fsp3) is 0.500. The van der Waals surface area contributed by atoms with E-state index in [0.29, 0.717) is 26.3 Å². The van der Waals surface area contributed by atoms with E-state index < -0.39 is 0 Å². The van der Waals surface area contributed by atoms with Gasteiger partial charge in [-0.2, -0.15) is 0 Å². The van der Waals surface area contributed by atoms with Gasteiger partial charge in [0.05, 0.1) is 19.3 Å². The van der Waals surface area contributed by atoms with Crippen molar-refractivity contribution in [2.24, 2.45) is 0 Å². The minimum Gasteiger partial charge on any atom is -0.379 e. The summed E-state index contributed by atoms with van der Waals surface area (Å²) in [5.74, 6) is -0.0324. The molecule has 7 nitrogen and oxygen atoms in total. The molecule has 0 radical (unpaired) electrons. The summed E-state index contributed by atoms with van der Waals surface area (Å²) in [7, 11) is 4.09. The van der Waals surface area contributed by atoms with Crippen molar-refractivity contribution < 1.29 is 14.3 Å². The number of benzene rings is 2. The maximum absolute atomic E-state index is 13.3. The van der Waals surface area contributed by atoms with Gasteiger partial charge in [-0.1, -0.05) is 30.3 Å². The number of ether oxygens (including phenoxy) is 1. The molecular weight excluding hydrogens is 392 g/mol. The number of imide groups is 1. The fourth-order valence-corrected chi connectivity index (χ4v) is 5.30. The maximum Gasteiger partial charge on any atom is 0.328 e. The molecular formula is C24H30N4O3. The van der Waals surface area contributed by atoms with E-state index in [2.05, 4.69) is 40.1 Å². The van der Waals surface area contributed by atoms with Crippen molar-refractivity contribution in [3.05, 3.63) is 42.0 Å². The summed E-state index contributed by atoms with van der Waals surface area (Å²) in [5.41, 5.74) is 2.30. The molecule has 0 saturated carbocycles. The number of anilines is 1. The van der Waals surface area contributed by atoms with Crippen molar-refractivity contribution in [1.29, 1.82) is 0 Å². The van der Waals surface area contributed by atoms with Crippen LogP contribution in [0.15, 0.2) is 36.4 Å². The topological polar surface area (TPSA) is 56.3 Å². The van der Waals surface area contributed by atoms with Crippen LogP contribution < -0.4 is 4.90 Å². The smallest absolute Gasteiger partial charge is 0.328 e. The number of hydrogen-bond donors (Lipinski definition) is 0. The monoisotopic (exact) mass is 422 g/mol. The molecule has 7 heteroatoms. The van der Waals surface area contributed by atoms with E-state index in [1.165, 1.54) is 10.3 Å². The molecule has 0 N–H and O–H groups in total. The summed E-state index contributed by atoms with van der Waals surface area (Å²) in [6.45, 7) is 4.32. The SMILES string of the molecule is CN(C)c1ccc(C2CCC3C(=O)N(CCN4CCOCC4)C(=O)N32)c2ccccc12. The van der Waals surface area contributed by atoms with Crippen LogP contribution in [0.5, 0.6) is 0 Å². The van der Waals surface area contributed by atoms with Crippen molar-refractivity contribution >= 4 is 28.4 Å². The van der Waals surface area contributed by atoms with Gasteiger partial charge in [0.15, 0.2) is 0 Å². The molecule has 3 aliphatic rings. The van der Waals surface area contributed by atoms with Gasteiger partial charge < -0.3 is 14.5 Å². The van der Waals surface area contributed by atoms with Crippen LogP contribution >= 0.6 is 0 Å². The number of nitrogens with zero attached hydrogens (tertiary/aromatic N) is 4. The molecule has 0 spiro atoms. The van der Waals surface area contributed by atoms with E-state index in [0.717, 1.165) is 42.6 Å². The Labute approximate surface area is 183 Å². The molecule has 3 heterocycles. The van der Waals surface area contributed by atoms with Crippen LogP contribution in [0.25, 0.3) is 10.8 Å². The molecule has 3 saturated heterocycles. The third-order valence-electron chi connectivity index (χ3n) is 6.91. The first-order valence-corrected chi connectivity index (χ1v) is 11.2. The van der Waals surface area contributed by atoms with Crippen molar-refractivity contribution in [1.82, 2.24) is 14.7 Å². The molecule has 3 aliphatic heterocycles. The summed E-state index contributed by atoms with van der Waals surface area (Å²) >= 11 is 0. The minimum absolute atomic E-state index is 0.0324. The number of amides is 3. The zero-order valence-corrected chi connectivity index (χ0v) is 18.3. The van der Waals surface area contributed by atoms with Crippen molar-refractivity contribution in [3.8, 4) is 0 Å². The predicted molar refractivity (Wildman–Crippen MR) is 120 cm³/mol. The van der Waals surface area contributed by atoms with Crippen LogP contribution in [0.4, 0.5) is 10.5 Å². The molecule has 5 rings (SSSR count). The fourth-order valence-electron chi connectivity index (χ4n) is 5.30. The Kier molecular flexibility index (Phi) is 5.32. The molecule has 164 valence electrons. The Bertz CT molecular complexity index is 1000. The Morgan fingerprint density at radius 1 is 0.935 bits per heavy atom. The van der Waals surface area contributed by atoms with Crippen molar-refractivity contribution in [2.75, 3.05) is 58.4 Å². The highest BCUT2D eigenvalue weighted by Gasteiger charge is 2.52. The summed E-state index contributed by atoms with van der Waals surface area (Å²) in [6.07, 6.45) is 1.55. The van der Waals surface area contributed by atoms with Gasteiger partial charge in [-0.05, 0) is 29.9 Å². The van der Waals surface area contributed by atoms with E-state index >= 15 is 0 Å². The van der Waals surface area contributed by atoms with E-state index in [9.17, 15) is 9.59 Å². The van der Waals surface area contributed by atoms with Gasteiger partial charge >= 0.3 is 6.03 Å². The maximum atomic E-state index is 13.3. The second-order valence-electron chi connectivity index (χ2n) is 8.86.